The third kappa shape index (κ3) is 4.22. The molecule has 2 aromatic rings. The molecular weight excluding hydrogens is 382 g/mol. The third-order valence-electron chi connectivity index (χ3n) is 5.11. The third-order valence-corrected chi connectivity index (χ3v) is 5.11. The molecule has 0 spiro atoms. The number of ether oxygens (including phenoxy) is 3. The summed E-state index contributed by atoms with van der Waals surface area (Å²) in [6.45, 7) is 2.23. The second-order valence-electron chi connectivity index (χ2n) is 6.81. The minimum Gasteiger partial charge on any atom is -0.497 e. The molecule has 1 aliphatic heterocycles. The maximum Gasteiger partial charge on any atom is 0.340 e. The number of methoxy groups -OCH3 is 3. The molecule has 6 heteroatoms. The fraction of sp³-hybridized carbons (Fsp3) is 0.250. The zero-order valence-electron chi connectivity index (χ0n) is 17.6. The average molecular weight is 407 g/mol. The topological polar surface area (TPSA) is 65.1 Å². The molecule has 1 amide bonds. The Morgan fingerprint density at radius 2 is 1.77 bits per heavy atom. The summed E-state index contributed by atoms with van der Waals surface area (Å²) in [5, 5.41) is 0. The van der Waals surface area contributed by atoms with Crippen molar-refractivity contribution in [3.8, 4) is 11.5 Å². The quantitative estimate of drug-likeness (QED) is 0.518. The Labute approximate surface area is 176 Å². The van der Waals surface area contributed by atoms with Crippen molar-refractivity contribution in [1.82, 2.24) is 4.90 Å². The second-order valence-corrected chi connectivity index (χ2v) is 6.81. The van der Waals surface area contributed by atoms with Crippen molar-refractivity contribution in [2.75, 3.05) is 27.9 Å². The summed E-state index contributed by atoms with van der Waals surface area (Å²) in [4.78, 5) is 27.4. The number of amides is 1. The number of rotatable bonds is 7. The van der Waals surface area contributed by atoms with Crippen molar-refractivity contribution >= 4 is 18.0 Å². The first-order valence-corrected chi connectivity index (χ1v) is 9.59. The van der Waals surface area contributed by atoms with Crippen LogP contribution in [0.3, 0.4) is 0 Å². The summed E-state index contributed by atoms with van der Waals surface area (Å²) >= 11 is 0. The summed E-state index contributed by atoms with van der Waals surface area (Å²) in [5.74, 6) is 0.402. The van der Waals surface area contributed by atoms with Gasteiger partial charge in [-0.3, -0.25) is 4.79 Å². The standard InChI is InChI=1S/C24H25NO5/c1-16-22(24(27)30-4)20(14-18-10-11-19(28-2)15-21(18)29-3)23(26)25(16)13-12-17-8-6-5-7-9-17/h5-11,14-15H,12-13H2,1-4H3/b20-14-. The Hall–Kier alpha value is -3.54. The van der Waals surface area contributed by atoms with E-state index in [1.165, 1.54) is 7.11 Å². The fourth-order valence-electron chi connectivity index (χ4n) is 3.48. The molecular formula is C24H25NO5. The molecule has 0 atom stereocenters. The summed E-state index contributed by atoms with van der Waals surface area (Å²) in [7, 11) is 4.42. The molecule has 1 aliphatic rings. The van der Waals surface area contributed by atoms with Crippen LogP contribution < -0.4 is 9.47 Å². The van der Waals surface area contributed by atoms with Gasteiger partial charge in [0.1, 0.15) is 11.5 Å². The van der Waals surface area contributed by atoms with Gasteiger partial charge in [0.2, 0.25) is 0 Å². The Morgan fingerprint density at radius 1 is 1.03 bits per heavy atom. The molecule has 6 nitrogen and oxygen atoms in total. The number of allylic oxidation sites excluding steroid dienone is 1. The van der Waals surface area contributed by atoms with E-state index in [1.54, 1.807) is 50.3 Å². The van der Waals surface area contributed by atoms with E-state index in [1.807, 2.05) is 30.3 Å². The Kier molecular flexibility index (Phi) is 6.57. The molecule has 0 aliphatic carbocycles. The van der Waals surface area contributed by atoms with E-state index in [-0.39, 0.29) is 17.1 Å². The van der Waals surface area contributed by atoms with E-state index in [2.05, 4.69) is 0 Å². The van der Waals surface area contributed by atoms with Crippen molar-refractivity contribution in [3.63, 3.8) is 0 Å². The lowest BCUT2D eigenvalue weighted by Crippen LogP contribution is -2.27. The Bertz CT molecular complexity index is 1010. The number of carbonyl (C=O) groups is 2. The molecule has 0 saturated heterocycles. The number of esters is 1. The van der Waals surface area contributed by atoms with Crippen LogP contribution in [0.5, 0.6) is 11.5 Å². The largest absolute Gasteiger partial charge is 0.497 e. The van der Waals surface area contributed by atoms with Crippen LogP contribution >= 0.6 is 0 Å². The van der Waals surface area contributed by atoms with Gasteiger partial charge in [0.15, 0.2) is 0 Å². The Morgan fingerprint density at radius 3 is 2.40 bits per heavy atom. The van der Waals surface area contributed by atoms with Crippen molar-refractivity contribution in [1.29, 1.82) is 0 Å². The molecule has 1 heterocycles. The first-order chi connectivity index (χ1) is 14.5. The molecule has 2 aromatic carbocycles. The van der Waals surface area contributed by atoms with Gasteiger partial charge in [-0.15, -0.1) is 0 Å². The van der Waals surface area contributed by atoms with Crippen LogP contribution in [0.25, 0.3) is 6.08 Å². The highest BCUT2D eigenvalue weighted by Gasteiger charge is 2.36. The molecule has 0 bridgehead atoms. The summed E-state index contributed by atoms with van der Waals surface area (Å²) in [6, 6.07) is 15.2. The molecule has 3 rings (SSSR count). The highest BCUT2D eigenvalue weighted by atomic mass is 16.5. The molecule has 0 aromatic heterocycles. The summed E-state index contributed by atoms with van der Waals surface area (Å²) in [6.07, 6.45) is 2.34. The number of hydrogen-bond acceptors (Lipinski definition) is 5. The first kappa shape index (κ1) is 21.2. The van der Waals surface area contributed by atoms with E-state index in [0.29, 0.717) is 35.7 Å². The lowest BCUT2D eigenvalue weighted by Gasteiger charge is -2.17. The molecule has 0 N–H and O–H groups in total. The van der Waals surface area contributed by atoms with Gasteiger partial charge in [-0.1, -0.05) is 30.3 Å². The molecule has 0 unspecified atom stereocenters. The van der Waals surface area contributed by atoms with Crippen LogP contribution in [0, 0.1) is 0 Å². The van der Waals surface area contributed by atoms with Gasteiger partial charge in [-0.2, -0.15) is 0 Å². The van der Waals surface area contributed by atoms with Gasteiger partial charge in [0.25, 0.3) is 5.91 Å². The van der Waals surface area contributed by atoms with Gasteiger partial charge in [-0.05, 0) is 37.1 Å². The van der Waals surface area contributed by atoms with E-state index >= 15 is 0 Å². The number of nitrogens with zero attached hydrogens (tertiary/aromatic N) is 1. The zero-order chi connectivity index (χ0) is 21.7. The zero-order valence-corrected chi connectivity index (χ0v) is 17.6. The van der Waals surface area contributed by atoms with Gasteiger partial charge in [0.05, 0.1) is 32.5 Å². The second kappa shape index (κ2) is 9.31. The monoisotopic (exact) mass is 407 g/mol. The predicted octanol–water partition coefficient (Wildman–Crippen LogP) is 3.62. The molecule has 0 fully saturated rings. The maximum atomic E-state index is 13.2. The lowest BCUT2D eigenvalue weighted by molar-refractivity contribution is -0.136. The maximum absolute atomic E-state index is 13.2. The smallest absolute Gasteiger partial charge is 0.340 e. The molecule has 30 heavy (non-hydrogen) atoms. The summed E-state index contributed by atoms with van der Waals surface area (Å²) < 4.78 is 15.6. The van der Waals surface area contributed by atoms with Crippen molar-refractivity contribution in [3.05, 3.63) is 76.5 Å². The first-order valence-electron chi connectivity index (χ1n) is 9.59. The lowest BCUT2D eigenvalue weighted by atomic mass is 10.0. The number of carbonyl (C=O) groups excluding carboxylic acids is 2. The van der Waals surface area contributed by atoms with E-state index in [4.69, 9.17) is 14.2 Å². The van der Waals surface area contributed by atoms with E-state index < -0.39 is 5.97 Å². The SMILES string of the molecule is COC(=O)C1=C(C)N(CCc2ccccc2)C(=O)/C1=C\c1ccc(OC)cc1OC. The van der Waals surface area contributed by atoms with Crippen LogP contribution in [0.4, 0.5) is 0 Å². The van der Waals surface area contributed by atoms with Gasteiger partial charge < -0.3 is 19.1 Å². The highest BCUT2D eigenvalue weighted by Crippen LogP contribution is 2.34. The Balaban J connectivity index is 1.98. The van der Waals surface area contributed by atoms with Crippen molar-refractivity contribution in [2.24, 2.45) is 0 Å². The van der Waals surface area contributed by atoms with Crippen molar-refractivity contribution < 1.29 is 23.8 Å². The minimum atomic E-state index is -0.540. The molecule has 0 radical (unpaired) electrons. The van der Waals surface area contributed by atoms with Gasteiger partial charge >= 0.3 is 5.97 Å². The normalized spacial score (nSPS) is 15.0. The van der Waals surface area contributed by atoms with Crippen molar-refractivity contribution in [2.45, 2.75) is 13.3 Å². The molecule has 0 saturated carbocycles. The van der Waals surface area contributed by atoms with E-state index in [9.17, 15) is 9.59 Å². The summed E-state index contributed by atoms with van der Waals surface area (Å²) in [5.41, 5.74) is 2.93. The predicted molar refractivity (Wildman–Crippen MR) is 114 cm³/mol. The van der Waals surface area contributed by atoms with Crippen LogP contribution in [-0.2, 0) is 20.7 Å². The number of benzene rings is 2. The van der Waals surface area contributed by atoms with Crippen LogP contribution in [0.15, 0.2) is 65.4 Å². The molecule has 156 valence electrons. The van der Waals surface area contributed by atoms with Crippen LogP contribution in [-0.4, -0.2) is 44.7 Å². The van der Waals surface area contributed by atoms with Gasteiger partial charge in [-0.25, -0.2) is 4.79 Å². The average Bonchev–Trinajstić information content (AvgIpc) is 3.01. The van der Waals surface area contributed by atoms with Crippen LogP contribution in [0.1, 0.15) is 18.1 Å². The minimum absolute atomic E-state index is 0.235. The van der Waals surface area contributed by atoms with Crippen LogP contribution in [0.2, 0.25) is 0 Å². The highest BCUT2D eigenvalue weighted by molar-refractivity contribution is 6.16. The van der Waals surface area contributed by atoms with E-state index in [0.717, 1.165) is 5.56 Å². The van der Waals surface area contributed by atoms with Gasteiger partial charge in [0, 0.05) is 23.9 Å². The fourth-order valence-corrected chi connectivity index (χ4v) is 3.48. The number of hydrogen-bond donors (Lipinski definition) is 0.